The first-order valence-electron chi connectivity index (χ1n) is 12.9. The first-order chi connectivity index (χ1) is 19.4. The van der Waals surface area contributed by atoms with E-state index in [1.807, 2.05) is 56.3 Å². The molecule has 1 unspecified atom stereocenters. The van der Waals surface area contributed by atoms with Crippen molar-refractivity contribution in [2.45, 2.75) is 26.3 Å². The Morgan fingerprint density at radius 3 is 2.70 bits per heavy atom. The molecule has 0 radical (unpaired) electrons. The average molecular weight is 554 g/mol. The number of likely N-dealkylation sites (tertiary alicyclic amines) is 1. The number of carbonyl (C=O) groups is 3. The maximum absolute atomic E-state index is 13.6. The van der Waals surface area contributed by atoms with Gasteiger partial charge in [0.25, 0.3) is 5.91 Å². The summed E-state index contributed by atoms with van der Waals surface area (Å²) in [5.41, 5.74) is 3.63. The van der Waals surface area contributed by atoms with E-state index >= 15 is 0 Å². The number of nitrogens with one attached hydrogen (secondary N) is 2. The summed E-state index contributed by atoms with van der Waals surface area (Å²) >= 11 is 1.23. The van der Waals surface area contributed by atoms with Crippen LogP contribution in [0, 0.1) is 13.8 Å². The van der Waals surface area contributed by atoms with Crippen LogP contribution >= 0.6 is 11.3 Å². The molecule has 10 heteroatoms. The second-order valence-electron chi connectivity index (χ2n) is 9.78. The van der Waals surface area contributed by atoms with Crippen molar-refractivity contribution in [3.05, 3.63) is 83.4 Å². The van der Waals surface area contributed by atoms with Gasteiger partial charge in [0.15, 0.2) is 0 Å². The standard InChI is InChI=1S/C30H27N5O4S/c1-4-24(36)34-15-13-19(16-34)32-28(37)27-26-25-22(12-14-31-29(25)40-27)35(30(38)33-26)21-10-11-23(18(3)17(21)2)39-20-8-6-5-7-9-20/h4-12,14,19H,1,13,15-16H2,2-3H3,(H,32,37)(H,33,38). The molecule has 2 aliphatic rings. The molecule has 1 saturated heterocycles. The molecule has 0 spiro atoms. The van der Waals surface area contributed by atoms with Gasteiger partial charge in [-0.2, -0.15) is 0 Å². The van der Waals surface area contributed by atoms with Gasteiger partial charge in [0.2, 0.25) is 5.91 Å². The van der Waals surface area contributed by atoms with Crippen molar-refractivity contribution in [2.75, 3.05) is 23.3 Å². The Morgan fingerprint density at radius 2 is 1.93 bits per heavy atom. The maximum Gasteiger partial charge on any atom is 0.331 e. The van der Waals surface area contributed by atoms with Crippen LogP contribution in [0.2, 0.25) is 0 Å². The highest BCUT2D eigenvalue weighted by molar-refractivity contribution is 7.21. The Hall–Kier alpha value is -4.70. The van der Waals surface area contributed by atoms with Gasteiger partial charge < -0.3 is 20.3 Å². The summed E-state index contributed by atoms with van der Waals surface area (Å²) in [6.45, 7) is 8.43. The number of rotatable bonds is 6. The van der Waals surface area contributed by atoms with Gasteiger partial charge in [-0.3, -0.25) is 14.5 Å². The SMILES string of the molecule is C=CC(=O)N1CCC(NC(=O)c2sc3nccc4c3c2NC(=O)N4c2ccc(Oc3ccccc3)c(C)c2C)C1. The highest BCUT2D eigenvalue weighted by atomic mass is 32.1. The third-order valence-electron chi connectivity index (χ3n) is 7.38. The number of para-hydroxylation sites is 1. The molecule has 2 aromatic carbocycles. The first-order valence-corrected chi connectivity index (χ1v) is 13.7. The van der Waals surface area contributed by atoms with Crippen LogP contribution in [0.1, 0.15) is 27.2 Å². The Balaban J connectivity index is 1.32. The lowest BCUT2D eigenvalue weighted by Crippen LogP contribution is -2.39. The minimum absolute atomic E-state index is 0.153. The van der Waals surface area contributed by atoms with Crippen molar-refractivity contribution in [3.63, 3.8) is 0 Å². The van der Waals surface area contributed by atoms with Crippen LogP contribution in [0.5, 0.6) is 11.5 Å². The summed E-state index contributed by atoms with van der Waals surface area (Å²) in [7, 11) is 0. The van der Waals surface area contributed by atoms with Crippen LogP contribution in [0.25, 0.3) is 10.2 Å². The summed E-state index contributed by atoms with van der Waals surface area (Å²) in [5.74, 6) is 0.987. The number of urea groups is 1. The van der Waals surface area contributed by atoms with Crippen LogP contribution in [0.3, 0.4) is 0 Å². The van der Waals surface area contributed by atoms with Crippen LogP contribution in [0.15, 0.2) is 67.4 Å². The number of pyridine rings is 1. The van der Waals surface area contributed by atoms with Crippen molar-refractivity contribution in [1.82, 2.24) is 15.2 Å². The summed E-state index contributed by atoms with van der Waals surface area (Å²) in [6.07, 6.45) is 3.58. The Bertz CT molecular complexity index is 1680. The lowest BCUT2D eigenvalue weighted by molar-refractivity contribution is -0.125. The Morgan fingerprint density at radius 1 is 1.12 bits per heavy atom. The van der Waals surface area contributed by atoms with Crippen molar-refractivity contribution in [1.29, 1.82) is 0 Å². The molecule has 2 aromatic heterocycles. The lowest BCUT2D eigenvalue weighted by Gasteiger charge is -2.30. The van der Waals surface area contributed by atoms with E-state index in [2.05, 4.69) is 22.2 Å². The number of ether oxygens (including phenoxy) is 1. The molecular weight excluding hydrogens is 526 g/mol. The maximum atomic E-state index is 13.6. The molecule has 2 aliphatic heterocycles. The van der Waals surface area contributed by atoms with E-state index in [1.54, 1.807) is 22.1 Å². The molecule has 9 nitrogen and oxygen atoms in total. The van der Waals surface area contributed by atoms with Crippen molar-refractivity contribution in [3.8, 4) is 11.5 Å². The third-order valence-corrected chi connectivity index (χ3v) is 8.48. The molecular formula is C30H27N5O4S. The van der Waals surface area contributed by atoms with Gasteiger partial charge in [-0.1, -0.05) is 24.8 Å². The minimum atomic E-state index is -0.365. The predicted molar refractivity (Wildman–Crippen MR) is 156 cm³/mol. The van der Waals surface area contributed by atoms with Gasteiger partial charge in [0.05, 0.1) is 22.4 Å². The number of amides is 4. The second kappa shape index (κ2) is 10.1. The minimum Gasteiger partial charge on any atom is -0.457 e. The van der Waals surface area contributed by atoms with Crippen LogP contribution < -0.4 is 20.3 Å². The van der Waals surface area contributed by atoms with E-state index in [1.165, 1.54) is 17.4 Å². The van der Waals surface area contributed by atoms with Gasteiger partial charge in [-0.25, -0.2) is 9.78 Å². The summed E-state index contributed by atoms with van der Waals surface area (Å²) in [5, 5.41) is 6.69. The van der Waals surface area contributed by atoms with E-state index in [9.17, 15) is 14.4 Å². The summed E-state index contributed by atoms with van der Waals surface area (Å²) in [6, 6.07) is 14.5. The highest BCUT2D eigenvalue weighted by Crippen LogP contribution is 2.47. The molecule has 4 aromatic rings. The van der Waals surface area contributed by atoms with Crippen molar-refractivity contribution < 1.29 is 19.1 Å². The number of nitrogens with zero attached hydrogens (tertiary/aromatic N) is 3. The van der Waals surface area contributed by atoms with E-state index in [4.69, 9.17) is 4.74 Å². The van der Waals surface area contributed by atoms with E-state index in [-0.39, 0.29) is 23.9 Å². The monoisotopic (exact) mass is 553 g/mol. The topological polar surface area (TPSA) is 104 Å². The molecule has 1 atom stereocenters. The van der Waals surface area contributed by atoms with Crippen LogP contribution in [-0.2, 0) is 4.79 Å². The number of hydrogen-bond acceptors (Lipinski definition) is 6. The fourth-order valence-electron chi connectivity index (χ4n) is 5.19. The molecule has 2 N–H and O–H groups in total. The number of aromatic nitrogens is 1. The van der Waals surface area contributed by atoms with E-state index in [0.717, 1.165) is 16.9 Å². The zero-order chi connectivity index (χ0) is 28.0. The second-order valence-corrected chi connectivity index (χ2v) is 10.8. The van der Waals surface area contributed by atoms with Crippen LogP contribution in [0.4, 0.5) is 21.9 Å². The molecule has 0 saturated carbocycles. The number of benzene rings is 2. The fourth-order valence-corrected chi connectivity index (χ4v) is 6.21. The van der Waals surface area contributed by atoms with Gasteiger partial charge in [-0.15, -0.1) is 11.3 Å². The normalized spacial score (nSPS) is 16.1. The molecule has 0 bridgehead atoms. The van der Waals surface area contributed by atoms with Crippen molar-refractivity contribution >= 4 is 56.5 Å². The molecule has 4 amide bonds. The van der Waals surface area contributed by atoms with Crippen molar-refractivity contribution in [2.24, 2.45) is 0 Å². The van der Waals surface area contributed by atoms with E-state index in [0.29, 0.717) is 57.4 Å². The number of thiophene rings is 1. The van der Waals surface area contributed by atoms with Gasteiger partial charge >= 0.3 is 6.03 Å². The summed E-state index contributed by atoms with van der Waals surface area (Å²) in [4.78, 5) is 47.7. The number of anilines is 3. The zero-order valence-corrected chi connectivity index (χ0v) is 22.9. The summed E-state index contributed by atoms with van der Waals surface area (Å²) < 4.78 is 6.08. The Labute approximate surface area is 235 Å². The van der Waals surface area contributed by atoms with Gasteiger partial charge in [0.1, 0.15) is 21.2 Å². The quantitative estimate of drug-likeness (QED) is 0.289. The highest BCUT2D eigenvalue weighted by Gasteiger charge is 2.35. The molecule has 40 heavy (non-hydrogen) atoms. The number of hydrogen-bond donors (Lipinski definition) is 2. The molecule has 0 aliphatic carbocycles. The lowest BCUT2D eigenvalue weighted by atomic mass is 10.0. The zero-order valence-electron chi connectivity index (χ0n) is 22.1. The number of carbonyl (C=O) groups excluding carboxylic acids is 3. The smallest absolute Gasteiger partial charge is 0.331 e. The van der Waals surface area contributed by atoms with E-state index < -0.39 is 0 Å². The average Bonchev–Trinajstić information content (AvgIpc) is 3.58. The fraction of sp³-hybridized carbons (Fsp3) is 0.200. The molecule has 202 valence electrons. The Kier molecular flexibility index (Phi) is 6.47. The molecule has 6 rings (SSSR count). The molecule has 1 fully saturated rings. The van der Waals surface area contributed by atoms with Crippen LogP contribution in [-0.4, -0.2) is 46.9 Å². The van der Waals surface area contributed by atoms with Gasteiger partial charge in [-0.05, 0) is 67.8 Å². The first kappa shape index (κ1) is 25.6. The predicted octanol–water partition coefficient (Wildman–Crippen LogP) is 5.91. The largest absolute Gasteiger partial charge is 0.457 e. The van der Waals surface area contributed by atoms with Gasteiger partial charge in [0, 0.05) is 25.3 Å². The third kappa shape index (κ3) is 4.36. The molecule has 4 heterocycles.